The quantitative estimate of drug-likeness (QED) is 0.217. The second-order valence-corrected chi connectivity index (χ2v) is 10.1. The number of nitrogens with zero attached hydrogens (tertiary/aromatic N) is 1. The summed E-state index contributed by atoms with van der Waals surface area (Å²) in [5.74, 6) is 0.344. The first-order valence-electron chi connectivity index (χ1n) is 12.4. The largest absolute Gasteiger partial charge is 0.593 e. The number of nitrogens with one attached hydrogen (secondary N) is 1. The van der Waals surface area contributed by atoms with E-state index >= 15 is 0 Å². The Hall–Kier alpha value is -4.27. The molecule has 4 aromatic carbocycles. The van der Waals surface area contributed by atoms with Gasteiger partial charge in [-0.2, -0.15) is 4.31 Å². The average Bonchev–Trinajstić information content (AvgIpc) is 3.34. The van der Waals surface area contributed by atoms with Crippen LogP contribution in [0.2, 0.25) is 0 Å². The molecule has 1 heterocycles. The highest BCUT2D eigenvalue weighted by atomic mass is 32.2. The number of para-hydroxylation sites is 1. The standard InChI is InChI=1S/C31H27FN2O4S/c1-33-31(35)29-26-19-25(21-9-5-3-6-10-21)27(20-28(26)38-30(29)22-13-15-23(32)16-14-22)34(39(2)36)17-18-37-24-11-7-4-8-12-24/h3-16,19-20H,17-18H2,1-2H3,(H,33,35). The molecule has 5 rings (SSSR count). The summed E-state index contributed by atoms with van der Waals surface area (Å²) in [6.45, 7) is 0.648. The number of hydrogen-bond donors (Lipinski definition) is 1. The van der Waals surface area contributed by atoms with Gasteiger partial charge in [0.15, 0.2) is 0 Å². The first-order chi connectivity index (χ1) is 19.0. The van der Waals surface area contributed by atoms with Gasteiger partial charge in [-0.05, 0) is 48.0 Å². The van der Waals surface area contributed by atoms with Crippen molar-refractivity contribution >= 4 is 33.9 Å². The number of fused-ring (bicyclic) bond motifs is 1. The highest BCUT2D eigenvalue weighted by Gasteiger charge is 2.27. The van der Waals surface area contributed by atoms with E-state index in [1.165, 1.54) is 12.1 Å². The third-order valence-corrected chi connectivity index (χ3v) is 7.34. The first kappa shape index (κ1) is 26.3. The highest BCUT2D eigenvalue weighted by Crippen LogP contribution is 2.41. The maximum atomic E-state index is 13.6. The van der Waals surface area contributed by atoms with E-state index in [4.69, 9.17) is 9.15 Å². The fraction of sp³-hybridized carbons (Fsp3) is 0.129. The van der Waals surface area contributed by atoms with Crippen LogP contribution >= 0.6 is 0 Å². The maximum absolute atomic E-state index is 13.6. The number of rotatable bonds is 9. The normalized spacial score (nSPS) is 11.8. The van der Waals surface area contributed by atoms with Gasteiger partial charge < -0.3 is 19.0 Å². The Balaban J connectivity index is 1.65. The van der Waals surface area contributed by atoms with E-state index in [-0.39, 0.29) is 11.7 Å². The Bertz CT molecular complexity index is 1570. The number of anilines is 1. The lowest BCUT2D eigenvalue weighted by atomic mass is 9.98. The molecule has 198 valence electrons. The molecule has 0 spiro atoms. The Morgan fingerprint density at radius 3 is 2.28 bits per heavy atom. The summed E-state index contributed by atoms with van der Waals surface area (Å²) in [4.78, 5) is 13.1. The monoisotopic (exact) mass is 542 g/mol. The van der Waals surface area contributed by atoms with Gasteiger partial charge in [0.2, 0.25) is 0 Å². The Labute approximate surface area is 229 Å². The molecule has 1 atom stereocenters. The van der Waals surface area contributed by atoms with Crippen LogP contribution in [-0.4, -0.2) is 36.9 Å². The van der Waals surface area contributed by atoms with Crippen LogP contribution in [0.1, 0.15) is 10.4 Å². The number of carbonyl (C=O) groups excluding carboxylic acids is 1. The van der Waals surface area contributed by atoms with Crippen molar-refractivity contribution in [1.82, 2.24) is 5.32 Å². The van der Waals surface area contributed by atoms with Gasteiger partial charge in [0.25, 0.3) is 5.91 Å². The number of carbonyl (C=O) groups is 1. The molecule has 0 radical (unpaired) electrons. The Morgan fingerprint density at radius 2 is 1.64 bits per heavy atom. The fourth-order valence-electron chi connectivity index (χ4n) is 4.49. The van der Waals surface area contributed by atoms with Crippen LogP contribution in [0.4, 0.5) is 10.1 Å². The van der Waals surface area contributed by atoms with E-state index in [0.29, 0.717) is 46.7 Å². The van der Waals surface area contributed by atoms with Gasteiger partial charge in [0, 0.05) is 29.6 Å². The van der Waals surface area contributed by atoms with Crippen LogP contribution in [0.15, 0.2) is 101 Å². The van der Waals surface area contributed by atoms with Gasteiger partial charge in [-0.25, -0.2) is 4.39 Å². The number of amides is 1. The van der Waals surface area contributed by atoms with Crippen molar-refractivity contribution in [2.24, 2.45) is 0 Å². The summed E-state index contributed by atoms with van der Waals surface area (Å²) >= 11 is -1.40. The van der Waals surface area contributed by atoms with Crippen molar-refractivity contribution in [1.29, 1.82) is 0 Å². The molecule has 0 fully saturated rings. The van der Waals surface area contributed by atoms with Gasteiger partial charge in [-0.1, -0.05) is 48.5 Å². The molecule has 0 bridgehead atoms. The lowest BCUT2D eigenvalue weighted by Gasteiger charge is -2.26. The number of benzene rings is 4. The van der Waals surface area contributed by atoms with E-state index in [1.54, 1.807) is 35.8 Å². The SMILES string of the molecule is CNC(=O)c1c(-c2ccc(F)cc2)oc2cc(N(CCOc3ccccc3)[S+](C)[O-])c(-c3ccccc3)cc12. The third-order valence-electron chi connectivity index (χ3n) is 6.34. The summed E-state index contributed by atoms with van der Waals surface area (Å²) in [5.41, 5.74) is 3.72. The van der Waals surface area contributed by atoms with Crippen LogP contribution in [0.25, 0.3) is 33.4 Å². The van der Waals surface area contributed by atoms with E-state index in [2.05, 4.69) is 5.32 Å². The molecular weight excluding hydrogens is 515 g/mol. The molecule has 39 heavy (non-hydrogen) atoms. The van der Waals surface area contributed by atoms with Crippen LogP contribution in [0, 0.1) is 5.82 Å². The van der Waals surface area contributed by atoms with Crippen molar-refractivity contribution in [3.63, 3.8) is 0 Å². The average molecular weight is 543 g/mol. The van der Waals surface area contributed by atoms with Gasteiger partial charge in [0.1, 0.15) is 35.8 Å². The molecule has 5 aromatic rings. The van der Waals surface area contributed by atoms with Crippen molar-refractivity contribution in [2.75, 3.05) is 30.8 Å². The zero-order valence-electron chi connectivity index (χ0n) is 21.5. The van der Waals surface area contributed by atoms with E-state index in [9.17, 15) is 13.7 Å². The Kier molecular flexibility index (Phi) is 7.86. The number of hydrogen-bond acceptors (Lipinski definition) is 5. The van der Waals surface area contributed by atoms with Crippen LogP contribution in [0.3, 0.4) is 0 Å². The third kappa shape index (κ3) is 5.62. The molecule has 1 amide bonds. The first-order valence-corrected chi connectivity index (χ1v) is 13.9. The zero-order valence-corrected chi connectivity index (χ0v) is 22.3. The fourth-order valence-corrected chi connectivity index (χ4v) is 5.25. The molecule has 0 saturated carbocycles. The molecule has 0 aliphatic carbocycles. The van der Waals surface area contributed by atoms with Crippen molar-refractivity contribution in [2.45, 2.75) is 0 Å². The molecule has 1 N–H and O–H groups in total. The lowest BCUT2D eigenvalue weighted by molar-refractivity contribution is 0.0964. The second-order valence-electron chi connectivity index (χ2n) is 8.81. The topological polar surface area (TPSA) is 77.8 Å². The summed E-state index contributed by atoms with van der Waals surface area (Å²) in [7, 11) is 1.55. The minimum Gasteiger partial charge on any atom is -0.593 e. The summed E-state index contributed by atoms with van der Waals surface area (Å²) in [6, 6.07) is 28.6. The predicted molar refractivity (Wildman–Crippen MR) is 154 cm³/mol. The molecule has 6 nitrogen and oxygen atoms in total. The molecule has 0 aliphatic heterocycles. The van der Waals surface area contributed by atoms with Crippen molar-refractivity contribution < 1.29 is 22.9 Å². The van der Waals surface area contributed by atoms with E-state index in [1.807, 2.05) is 66.7 Å². The van der Waals surface area contributed by atoms with Gasteiger partial charge in [-0.15, -0.1) is 0 Å². The van der Waals surface area contributed by atoms with Crippen LogP contribution in [-0.2, 0) is 11.4 Å². The van der Waals surface area contributed by atoms with E-state index < -0.39 is 11.4 Å². The molecule has 0 saturated heterocycles. The summed E-state index contributed by atoms with van der Waals surface area (Å²) in [6.07, 6.45) is 1.61. The van der Waals surface area contributed by atoms with E-state index in [0.717, 1.165) is 16.9 Å². The molecule has 8 heteroatoms. The molecular formula is C31H27FN2O4S. The molecule has 0 aliphatic rings. The lowest BCUT2D eigenvalue weighted by Crippen LogP contribution is -2.34. The number of furan rings is 1. The number of halogens is 1. The predicted octanol–water partition coefficient (Wildman–Crippen LogP) is 6.44. The van der Waals surface area contributed by atoms with Crippen molar-refractivity contribution in [3.05, 3.63) is 108 Å². The summed E-state index contributed by atoms with van der Waals surface area (Å²) < 4.78 is 40.6. The minimum atomic E-state index is -1.40. The second kappa shape index (κ2) is 11.6. The molecule has 1 unspecified atom stereocenters. The maximum Gasteiger partial charge on any atom is 0.255 e. The zero-order chi connectivity index (χ0) is 27.4. The van der Waals surface area contributed by atoms with Gasteiger partial charge >= 0.3 is 0 Å². The minimum absolute atomic E-state index is 0.304. The Morgan fingerprint density at radius 1 is 0.974 bits per heavy atom. The highest BCUT2D eigenvalue weighted by molar-refractivity contribution is 7.92. The molecule has 1 aromatic heterocycles. The van der Waals surface area contributed by atoms with Crippen LogP contribution < -0.4 is 14.4 Å². The van der Waals surface area contributed by atoms with Gasteiger partial charge in [-0.3, -0.25) is 4.79 Å². The smallest absolute Gasteiger partial charge is 0.255 e. The van der Waals surface area contributed by atoms with Crippen molar-refractivity contribution in [3.8, 4) is 28.2 Å². The van der Waals surface area contributed by atoms with Crippen LogP contribution in [0.5, 0.6) is 5.75 Å². The van der Waals surface area contributed by atoms with Gasteiger partial charge in [0.05, 0.1) is 29.2 Å². The number of ether oxygens (including phenoxy) is 1. The summed E-state index contributed by atoms with van der Waals surface area (Å²) in [5, 5.41) is 3.29.